The SMILES string of the molecule is ClP1(Cl)=NP(Cl)(Cl)=N[P@](Cl)(N2CC2)=N[P@@](Cl)(N2CC2)=N1. The maximum Gasteiger partial charge on any atom is 0.257 e. The quantitative estimate of drug-likeness (QED) is 0.301. The molecule has 6 nitrogen and oxygen atoms in total. The Morgan fingerprint density at radius 2 is 0.950 bits per heavy atom. The molecular weight excluding hydrogens is 469 g/mol. The van der Waals surface area contributed by atoms with Gasteiger partial charge in [0.05, 0.1) is 0 Å². The topological polar surface area (TPSA) is 55.5 Å². The van der Waals surface area contributed by atoms with E-state index in [-0.39, 0.29) is 0 Å². The summed E-state index contributed by atoms with van der Waals surface area (Å²) in [5, 5.41) is 0. The molecule has 2 saturated heterocycles. The summed E-state index contributed by atoms with van der Waals surface area (Å²) >= 11 is 37.7. The third kappa shape index (κ3) is 3.97. The van der Waals surface area contributed by atoms with E-state index in [1.54, 1.807) is 0 Å². The Morgan fingerprint density at radius 1 is 0.550 bits per heavy atom. The first-order valence-corrected chi connectivity index (χ1v) is 17.4. The fourth-order valence-corrected chi connectivity index (χ4v) is 24.8. The standard InChI is InChI=1S/C4H8Cl6N6P4/c5-17(6)11-18(7,8)13-20(10,16-3-4-16)14-19(9,12-17)15-1-2-15/h1-4H2/t19-,20-/m0/s1. The largest absolute Gasteiger partial charge is 0.257 e. The van der Waals surface area contributed by atoms with Crippen molar-refractivity contribution < 1.29 is 0 Å². The van der Waals surface area contributed by atoms with Gasteiger partial charge in [-0.05, 0) is 67.4 Å². The minimum absolute atomic E-state index is 0.775. The van der Waals surface area contributed by atoms with Crippen LogP contribution in [-0.4, -0.2) is 35.5 Å². The third-order valence-electron chi connectivity index (χ3n) is 2.45. The van der Waals surface area contributed by atoms with Crippen molar-refractivity contribution in [3.8, 4) is 0 Å². The van der Waals surface area contributed by atoms with Crippen molar-refractivity contribution in [3.05, 3.63) is 0 Å². The Kier molecular flexibility index (Phi) is 4.83. The lowest BCUT2D eigenvalue weighted by molar-refractivity contribution is 0.905. The third-order valence-corrected chi connectivity index (χ3v) is 20.4. The monoisotopic (exact) mass is 474 g/mol. The van der Waals surface area contributed by atoms with E-state index in [0.29, 0.717) is 0 Å². The molecule has 0 unspecified atom stereocenters. The van der Waals surface area contributed by atoms with Crippen LogP contribution in [0.3, 0.4) is 0 Å². The summed E-state index contributed by atoms with van der Waals surface area (Å²) in [5.74, 6) is -6.24. The second-order valence-corrected chi connectivity index (χ2v) is 21.4. The van der Waals surface area contributed by atoms with E-state index in [9.17, 15) is 0 Å². The van der Waals surface area contributed by atoms with Gasteiger partial charge in [-0.3, -0.25) is 0 Å². The molecule has 3 rings (SSSR count). The minimum Gasteiger partial charge on any atom is -0.237 e. The van der Waals surface area contributed by atoms with Crippen LogP contribution in [0.25, 0.3) is 0 Å². The van der Waals surface area contributed by atoms with Crippen LogP contribution in [0.2, 0.25) is 0 Å². The normalized spacial score (nSPS) is 43.1. The van der Waals surface area contributed by atoms with Gasteiger partial charge < -0.3 is 0 Å². The lowest BCUT2D eigenvalue weighted by Crippen LogP contribution is -1.90. The van der Waals surface area contributed by atoms with Gasteiger partial charge in [-0.15, -0.1) is 0 Å². The summed E-state index contributed by atoms with van der Waals surface area (Å²) in [5.41, 5.74) is 0. The van der Waals surface area contributed by atoms with E-state index in [1.165, 1.54) is 0 Å². The molecule has 0 amide bonds. The number of rotatable bonds is 2. The number of hydrogen-bond acceptors (Lipinski definition) is 6. The van der Waals surface area contributed by atoms with E-state index in [1.807, 2.05) is 9.34 Å². The number of halogens is 6. The molecule has 0 radical (unpaired) electrons. The second kappa shape index (κ2) is 5.55. The first-order valence-electron chi connectivity index (χ1n) is 5.28. The first-order chi connectivity index (χ1) is 9.04. The Labute approximate surface area is 145 Å². The number of hydrogen-bond donors (Lipinski definition) is 0. The van der Waals surface area contributed by atoms with Gasteiger partial charge in [0.15, 0.2) is 0 Å². The summed E-state index contributed by atoms with van der Waals surface area (Å²) in [6, 6.07) is 0. The van der Waals surface area contributed by atoms with Crippen molar-refractivity contribution in [2.24, 2.45) is 18.1 Å². The smallest absolute Gasteiger partial charge is 0.237 e. The molecule has 0 spiro atoms. The molecule has 2 atom stereocenters. The highest BCUT2D eigenvalue weighted by atomic mass is 35.9. The number of nitrogens with zero attached hydrogens (tertiary/aromatic N) is 6. The average Bonchev–Trinajstić information content (AvgIpc) is 3.06. The van der Waals surface area contributed by atoms with Gasteiger partial charge in [0.1, 0.15) is 0 Å². The van der Waals surface area contributed by atoms with Crippen molar-refractivity contribution in [2.45, 2.75) is 0 Å². The van der Waals surface area contributed by atoms with Crippen molar-refractivity contribution >= 4 is 92.7 Å². The van der Waals surface area contributed by atoms with E-state index in [2.05, 4.69) is 18.1 Å². The summed E-state index contributed by atoms with van der Waals surface area (Å²) in [6.45, 7) is -2.46. The van der Waals surface area contributed by atoms with Crippen LogP contribution in [0, 0.1) is 0 Å². The molecule has 0 aliphatic carbocycles. The highest BCUT2D eigenvalue weighted by molar-refractivity contribution is 8.21. The minimum atomic E-state index is -3.12. The van der Waals surface area contributed by atoms with Crippen molar-refractivity contribution in [3.63, 3.8) is 0 Å². The molecule has 2 fully saturated rings. The molecule has 3 aliphatic heterocycles. The maximum absolute atomic E-state index is 6.57. The molecule has 0 aromatic heterocycles. The molecule has 20 heavy (non-hydrogen) atoms. The Hall–Kier alpha value is 2.58. The summed E-state index contributed by atoms with van der Waals surface area (Å²) in [6.07, 6.45) is 0. The Balaban J connectivity index is 2.27. The molecule has 0 saturated carbocycles. The summed E-state index contributed by atoms with van der Waals surface area (Å²) in [4.78, 5) is 0. The van der Waals surface area contributed by atoms with Crippen LogP contribution in [0.1, 0.15) is 0 Å². The molecule has 3 heterocycles. The van der Waals surface area contributed by atoms with Gasteiger partial charge in [0, 0.05) is 26.2 Å². The van der Waals surface area contributed by atoms with Gasteiger partial charge >= 0.3 is 0 Å². The van der Waals surface area contributed by atoms with Crippen LogP contribution in [0.4, 0.5) is 0 Å². The molecule has 0 aromatic carbocycles. The van der Waals surface area contributed by atoms with Gasteiger partial charge in [0.2, 0.25) is 13.4 Å². The molecular formula is C4H8Cl6N6P4. The molecule has 116 valence electrons. The van der Waals surface area contributed by atoms with E-state index in [0.717, 1.165) is 26.2 Å². The van der Waals surface area contributed by atoms with Crippen molar-refractivity contribution in [1.29, 1.82) is 0 Å². The second-order valence-electron chi connectivity index (χ2n) is 4.17. The maximum atomic E-state index is 6.57. The zero-order chi connectivity index (χ0) is 14.8. The highest BCUT2D eigenvalue weighted by Crippen LogP contribution is 2.88. The van der Waals surface area contributed by atoms with Gasteiger partial charge in [-0.1, -0.05) is 0 Å². The molecule has 3 aliphatic rings. The lowest BCUT2D eigenvalue weighted by Gasteiger charge is -2.24. The molecule has 0 bridgehead atoms. The zero-order valence-electron chi connectivity index (χ0n) is 9.57. The van der Waals surface area contributed by atoms with Crippen LogP contribution < -0.4 is 0 Å². The van der Waals surface area contributed by atoms with Crippen LogP contribution in [-0.2, 0) is 0 Å². The fourth-order valence-electron chi connectivity index (χ4n) is 1.44. The first kappa shape index (κ1) is 17.4. The summed E-state index contributed by atoms with van der Waals surface area (Å²) < 4.78 is 20.9. The van der Waals surface area contributed by atoms with Crippen molar-refractivity contribution in [1.82, 2.24) is 9.34 Å². The molecule has 16 heteroatoms. The lowest BCUT2D eigenvalue weighted by atomic mass is 11.0. The van der Waals surface area contributed by atoms with E-state index >= 15 is 0 Å². The van der Waals surface area contributed by atoms with E-state index < -0.39 is 25.2 Å². The fraction of sp³-hybridized carbons (Fsp3) is 1.00. The Bertz CT molecular complexity index is 642. The van der Waals surface area contributed by atoms with Crippen LogP contribution in [0.5, 0.6) is 0 Å². The predicted molar refractivity (Wildman–Crippen MR) is 95.7 cm³/mol. The zero-order valence-corrected chi connectivity index (χ0v) is 17.7. The summed E-state index contributed by atoms with van der Waals surface area (Å²) in [7, 11) is 0. The average molecular weight is 477 g/mol. The van der Waals surface area contributed by atoms with E-state index in [4.69, 9.17) is 67.4 Å². The molecule has 0 aromatic rings. The van der Waals surface area contributed by atoms with Gasteiger partial charge in [0.25, 0.3) is 11.8 Å². The Morgan fingerprint density at radius 3 is 1.40 bits per heavy atom. The van der Waals surface area contributed by atoms with Gasteiger partial charge in [-0.25, -0.2) is 9.34 Å². The van der Waals surface area contributed by atoms with Crippen LogP contribution in [0.15, 0.2) is 18.1 Å². The highest BCUT2D eigenvalue weighted by Gasteiger charge is 2.44. The van der Waals surface area contributed by atoms with Crippen molar-refractivity contribution in [2.75, 3.05) is 26.2 Å². The predicted octanol–water partition coefficient (Wildman–Crippen LogP) is 7.85. The molecule has 0 N–H and O–H groups in total. The van der Waals surface area contributed by atoms with Gasteiger partial charge in [-0.2, -0.15) is 18.1 Å². The van der Waals surface area contributed by atoms with Crippen LogP contribution >= 0.6 is 92.7 Å².